The first-order chi connectivity index (χ1) is 26.5. The van der Waals surface area contributed by atoms with E-state index in [-0.39, 0.29) is 5.41 Å². The zero-order chi connectivity index (χ0) is 37.7. The highest BCUT2D eigenvalue weighted by atomic mass is 16.7. The summed E-state index contributed by atoms with van der Waals surface area (Å²) in [6.45, 7) is 13.0. The second-order valence-electron chi connectivity index (χ2n) is 16.3. The van der Waals surface area contributed by atoms with Crippen molar-refractivity contribution >= 4 is 34.4 Å². The van der Waals surface area contributed by atoms with Crippen molar-refractivity contribution < 1.29 is 9.31 Å². The van der Waals surface area contributed by atoms with Crippen molar-refractivity contribution in [1.29, 1.82) is 0 Å². The predicted molar refractivity (Wildman–Crippen MR) is 224 cm³/mol. The summed E-state index contributed by atoms with van der Waals surface area (Å²) in [5.41, 5.74) is 10.9. The van der Waals surface area contributed by atoms with E-state index in [1.165, 1.54) is 33.0 Å². The molecule has 0 saturated carbocycles. The Kier molecular flexibility index (Phi) is 7.38. The van der Waals surface area contributed by atoms with Crippen LogP contribution < -0.4 is 5.46 Å². The number of benzene rings is 6. The van der Waals surface area contributed by atoms with E-state index >= 15 is 0 Å². The van der Waals surface area contributed by atoms with Crippen LogP contribution in [-0.2, 0) is 14.7 Å². The fourth-order valence-corrected chi connectivity index (χ4v) is 8.42. The second kappa shape index (κ2) is 12.1. The van der Waals surface area contributed by atoms with E-state index in [9.17, 15) is 0 Å². The van der Waals surface area contributed by atoms with E-state index in [0.29, 0.717) is 17.5 Å². The van der Waals surface area contributed by atoms with Crippen LogP contribution in [0, 0.1) is 0 Å². The Morgan fingerprint density at radius 3 is 1.73 bits per heavy atom. The highest BCUT2D eigenvalue weighted by Gasteiger charge is 2.52. The first kappa shape index (κ1) is 33.7. The summed E-state index contributed by atoms with van der Waals surface area (Å²) in [4.78, 5) is 15.4. The molecule has 6 aromatic carbocycles. The molecule has 268 valence electrons. The Hall–Kier alpha value is -5.89. The Bertz CT molecular complexity index is 2730. The largest absolute Gasteiger partial charge is 0.495 e. The molecule has 1 aliphatic heterocycles. The summed E-state index contributed by atoms with van der Waals surface area (Å²) in [7, 11) is -0.633. The molecule has 0 atom stereocenters. The van der Waals surface area contributed by atoms with Crippen molar-refractivity contribution in [3.05, 3.63) is 151 Å². The first-order valence-corrected chi connectivity index (χ1v) is 19.0. The molecule has 8 aromatic rings. The van der Waals surface area contributed by atoms with Crippen LogP contribution in [0.3, 0.4) is 0 Å². The second-order valence-corrected chi connectivity index (χ2v) is 16.3. The molecule has 0 amide bonds. The standard InChI is InChI=1S/C48H41BN4O2/c1-46(2)38-23-15-13-21-33(38)35-28-36-34-22-14-16-24-41(34)53(42(36)29-39(35)46)32-25-26-40(49-54-47(3,4)48(5,6)55-49)37(27-32)45-51-43(30-17-9-7-10-18-30)50-44(52-45)31-19-11-8-12-20-31/h7-29H,1-6H3. The highest BCUT2D eigenvalue weighted by molar-refractivity contribution is 6.63. The molecule has 0 N–H and O–H groups in total. The molecule has 1 aliphatic carbocycles. The van der Waals surface area contributed by atoms with Crippen LogP contribution in [0.1, 0.15) is 52.7 Å². The quantitative estimate of drug-likeness (QED) is 0.166. The van der Waals surface area contributed by atoms with E-state index in [4.69, 9.17) is 24.3 Å². The van der Waals surface area contributed by atoms with Crippen molar-refractivity contribution in [2.24, 2.45) is 0 Å². The molecule has 3 heterocycles. The van der Waals surface area contributed by atoms with Gasteiger partial charge in [0.05, 0.1) is 22.2 Å². The summed E-state index contributed by atoms with van der Waals surface area (Å²) in [6, 6.07) is 49.1. The van der Waals surface area contributed by atoms with Crippen molar-refractivity contribution in [3.63, 3.8) is 0 Å². The van der Waals surface area contributed by atoms with E-state index < -0.39 is 18.3 Å². The summed E-state index contributed by atoms with van der Waals surface area (Å²) >= 11 is 0. The Balaban J connectivity index is 1.24. The summed E-state index contributed by atoms with van der Waals surface area (Å²) < 4.78 is 15.8. The lowest BCUT2D eigenvalue weighted by molar-refractivity contribution is 0.00578. The predicted octanol–water partition coefficient (Wildman–Crippen LogP) is 10.6. The minimum absolute atomic E-state index is 0.139. The van der Waals surface area contributed by atoms with E-state index in [2.05, 4.69) is 125 Å². The third kappa shape index (κ3) is 5.21. The average Bonchev–Trinajstić information content (AvgIpc) is 3.73. The van der Waals surface area contributed by atoms with Crippen LogP contribution in [0.4, 0.5) is 0 Å². The Morgan fingerprint density at radius 2 is 1.05 bits per heavy atom. The zero-order valence-corrected chi connectivity index (χ0v) is 32.0. The van der Waals surface area contributed by atoms with Gasteiger partial charge >= 0.3 is 7.12 Å². The van der Waals surface area contributed by atoms with Crippen LogP contribution in [0.25, 0.3) is 72.8 Å². The molecule has 1 saturated heterocycles. The molecule has 2 aliphatic rings. The van der Waals surface area contributed by atoms with Gasteiger partial charge in [-0.1, -0.05) is 123 Å². The van der Waals surface area contributed by atoms with Crippen LogP contribution in [0.15, 0.2) is 140 Å². The summed E-state index contributed by atoms with van der Waals surface area (Å²) in [5.74, 6) is 1.76. The SMILES string of the molecule is CC1(C)c2ccccc2-c2cc3c4ccccc4n(-c4ccc(B5OC(C)(C)C(C)(C)O5)c(-c5nc(-c6ccccc6)nc(-c6ccccc6)n5)c4)c3cc21. The minimum atomic E-state index is -0.633. The molecule has 7 heteroatoms. The topological polar surface area (TPSA) is 62.1 Å². The van der Waals surface area contributed by atoms with Gasteiger partial charge in [-0.2, -0.15) is 0 Å². The van der Waals surface area contributed by atoms with Gasteiger partial charge in [-0.15, -0.1) is 0 Å². The number of rotatable bonds is 5. The molecule has 0 bridgehead atoms. The molecule has 0 unspecified atom stereocenters. The summed E-state index contributed by atoms with van der Waals surface area (Å²) in [6.07, 6.45) is 0. The van der Waals surface area contributed by atoms with E-state index in [0.717, 1.165) is 38.9 Å². The lowest BCUT2D eigenvalue weighted by atomic mass is 9.75. The lowest BCUT2D eigenvalue weighted by Crippen LogP contribution is -2.41. The molecular weight excluding hydrogens is 675 g/mol. The number of para-hydroxylation sites is 1. The first-order valence-electron chi connectivity index (χ1n) is 19.0. The average molecular weight is 717 g/mol. The molecule has 2 aromatic heterocycles. The number of nitrogens with zero attached hydrogens (tertiary/aromatic N) is 4. The molecule has 1 fully saturated rings. The van der Waals surface area contributed by atoms with Crippen LogP contribution in [-0.4, -0.2) is 37.8 Å². The van der Waals surface area contributed by atoms with Gasteiger partial charge < -0.3 is 13.9 Å². The molecule has 6 nitrogen and oxygen atoms in total. The maximum Gasteiger partial charge on any atom is 0.495 e. The fourth-order valence-electron chi connectivity index (χ4n) is 8.42. The van der Waals surface area contributed by atoms with Crippen LogP contribution in [0.5, 0.6) is 0 Å². The van der Waals surface area contributed by atoms with Crippen molar-refractivity contribution in [2.45, 2.75) is 58.2 Å². The van der Waals surface area contributed by atoms with Gasteiger partial charge in [0.15, 0.2) is 17.5 Å². The van der Waals surface area contributed by atoms with Gasteiger partial charge in [0.25, 0.3) is 0 Å². The third-order valence-corrected chi connectivity index (χ3v) is 12.1. The summed E-state index contributed by atoms with van der Waals surface area (Å²) in [5, 5.41) is 2.42. The fraction of sp³-hybridized carbons (Fsp3) is 0.188. The zero-order valence-electron chi connectivity index (χ0n) is 32.0. The van der Waals surface area contributed by atoms with Crippen LogP contribution in [0.2, 0.25) is 0 Å². The lowest BCUT2D eigenvalue weighted by Gasteiger charge is -2.32. The van der Waals surface area contributed by atoms with Gasteiger partial charge in [0.2, 0.25) is 0 Å². The van der Waals surface area contributed by atoms with Crippen molar-refractivity contribution in [1.82, 2.24) is 19.5 Å². The number of fused-ring (bicyclic) bond motifs is 6. The Morgan fingerprint density at radius 1 is 0.473 bits per heavy atom. The normalized spacial score (nSPS) is 16.4. The molecular formula is C48H41BN4O2. The van der Waals surface area contributed by atoms with Gasteiger partial charge in [-0.05, 0) is 85.7 Å². The minimum Gasteiger partial charge on any atom is -0.399 e. The Labute approximate surface area is 322 Å². The van der Waals surface area contributed by atoms with Gasteiger partial charge in [-0.25, -0.2) is 15.0 Å². The monoisotopic (exact) mass is 716 g/mol. The van der Waals surface area contributed by atoms with E-state index in [1.54, 1.807) is 0 Å². The van der Waals surface area contributed by atoms with E-state index in [1.807, 2.05) is 60.7 Å². The van der Waals surface area contributed by atoms with Gasteiger partial charge in [0, 0.05) is 38.6 Å². The molecule has 55 heavy (non-hydrogen) atoms. The molecule has 0 spiro atoms. The van der Waals surface area contributed by atoms with Crippen molar-refractivity contribution in [2.75, 3.05) is 0 Å². The maximum absolute atomic E-state index is 6.72. The van der Waals surface area contributed by atoms with Gasteiger partial charge in [-0.3, -0.25) is 0 Å². The molecule has 0 radical (unpaired) electrons. The van der Waals surface area contributed by atoms with Crippen LogP contribution >= 0.6 is 0 Å². The number of aromatic nitrogens is 4. The van der Waals surface area contributed by atoms with Gasteiger partial charge in [0.1, 0.15) is 0 Å². The van der Waals surface area contributed by atoms with Crippen molar-refractivity contribution in [3.8, 4) is 51.0 Å². The smallest absolute Gasteiger partial charge is 0.399 e. The molecule has 10 rings (SSSR count). The maximum atomic E-state index is 6.72. The number of hydrogen-bond donors (Lipinski definition) is 0. The third-order valence-electron chi connectivity index (χ3n) is 12.1. The number of hydrogen-bond acceptors (Lipinski definition) is 5. The highest BCUT2D eigenvalue weighted by Crippen LogP contribution is 2.51.